The second kappa shape index (κ2) is 11.9. The zero-order valence-corrected chi connectivity index (χ0v) is 22.6. The van der Waals surface area contributed by atoms with E-state index >= 15 is 0 Å². The molecule has 0 saturated heterocycles. The Bertz CT molecular complexity index is 1600. The number of nitrogens with one attached hydrogen (secondary N) is 1. The van der Waals surface area contributed by atoms with Crippen LogP contribution in [0.25, 0.3) is 10.9 Å². The molecular weight excluding hydrogens is 525 g/mol. The summed E-state index contributed by atoms with van der Waals surface area (Å²) in [6.07, 6.45) is 2.94. The van der Waals surface area contributed by atoms with Crippen LogP contribution in [0.5, 0.6) is 11.5 Å². The van der Waals surface area contributed by atoms with Crippen LogP contribution in [0, 0.1) is 11.2 Å². The molecule has 210 valence electrons. The molecule has 8 nitrogen and oxygen atoms in total. The predicted octanol–water partition coefficient (Wildman–Crippen LogP) is 5.03. The number of methoxy groups -OCH3 is 1. The molecule has 9 heteroatoms. The van der Waals surface area contributed by atoms with E-state index in [0.717, 1.165) is 5.56 Å². The Morgan fingerprint density at radius 1 is 0.951 bits per heavy atom. The maximum atomic E-state index is 13.2. The number of ketones is 2. The van der Waals surface area contributed by atoms with E-state index in [4.69, 9.17) is 15.2 Å². The van der Waals surface area contributed by atoms with E-state index in [9.17, 15) is 18.8 Å². The van der Waals surface area contributed by atoms with Gasteiger partial charge in [-0.25, -0.2) is 4.39 Å². The number of fused-ring (bicyclic) bond motifs is 1. The number of Topliss-reactive ketones (excluding diaryl/α,β-unsaturated/α-hetero) is 2. The molecule has 1 aliphatic carbocycles. The topological polar surface area (TPSA) is 121 Å². The molecule has 3 N–H and O–H groups in total. The highest BCUT2D eigenvalue weighted by atomic mass is 19.1. The Labute approximate surface area is 236 Å². The lowest BCUT2D eigenvalue weighted by Gasteiger charge is -2.14. The number of nitrogens with two attached hydrogens (primary N) is 1. The summed E-state index contributed by atoms with van der Waals surface area (Å²) in [6, 6.07) is 18.0. The fourth-order valence-electron chi connectivity index (χ4n) is 4.85. The number of rotatable bonds is 13. The molecule has 0 spiro atoms. The average Bonchev–Trinajstić information content (AvgIpc) is 3.78. The third-order valence-electron chi connectivity index (χ3n) is 7.34. The highest BCUT2D eigenvalue weighted by Gasteiger charge is 2.54. The summed E-state index contributed by atoms with van der Waals surface area (Å²) in [7, 11) is 1.59. The average molecular weight is 556 g/mol. The molecule has 1 heterocycles. The van der Waals surface area contributed by atoms with E-state index in [1.165, 1.54) is 12.1 Å². The Hall–Kier alpha value is -4.63. The van der Waals surface area contributed by atoms with Crippen molar-refractivity contribution in [3.05, 3.63) is 95.4 Å². The summed E-state index contributed by atoms with van der Waals surface area (Å²) >= 11 is 0. The van der Waals surface area contributed by atoms with Gasteiger partial charge in [-0.1, -0.05) is 24.3 Å². The number of ether oxygens (including phenoxy) is 2. The Balaban J connectivity index is 1.28. The third-order valence-corrected chi connectivity index (χ3v) is 7.34. The van der Waals surface area contributed by atoms with Gasteiger partial charge in [0.05, 0.1) is 23.1 Å². The van der Waals surface area contributed by atoms with Gasteiger partial charge in [0.25, 0.3) is 5.91 Å². The van der Waals surface area contributed by atoms with Gasteiger partial charge in [0, 0.05) is 43.8 Å². The number of primary amides is 1. The van der Waals surface area contributed by atoms with E-state index in [1.54, 1.807) is 67.9 Å². The number of carbonyl (C=O) groups excluding carboxylic acids is 3. The van der Waals surface area contributed by atoms with Gasteiger partial charge in [-0.2, -0.15) is 0 Å². The molecule has 0 radical (unpaired) electrons. The summed E-state index contributed by atoms with van der Waals surface area (Å²) in [5.74, 6) is -0.143. The number of aromatic nitrogens is 1. The zero-order valence-electron chi connectivity index (χ0n) is 22.6. The normalized spacial score (nSPS) is 13.5. The summed E-state index contributed by atoms with van der Waals surface area (Å²) in [5, 5.41) is 3.76. The zero-order chi connectivity index (χ0) is 29.0. The maximum Gasteiger partial charge on any atom is 0.250 e. The number of halogens is 1. The first kappa shape index (κ1) is 27.9. The molecule has 3 aromatic carbocycles. The summed E-state index contributed by atoms with van der Waals surface area (Å²) in [4.78, 5) is 42.6. The van der Waals surface area contributed by atoms with Gasteiger partial charge in [0.15, 0.2) is 11.6 Å². The van der Waals surface area contributed by atoms with Crippen LogP contribution in [-0.4, -0.2) is 42.7 Å². The lowest BCUT2D eigenvalue weighted by molar-refractivity contribution is -0.133. The first-order valence-corrected chi connectivity index (χ1v) is 13.3. The number of anilines is 1. The van der Waals surface area contributed by atoms with Crippen LogP contribution >= 0.6 is 0 Å². The second-order valence-corrected chi connectivity index (χ2v) is 10.2. The van der Waals surface area contributed by atoms with Crippen molar-refractivity contribution in [2.45, 2.75) is 25.7 Å². The van der Waals surface area contributed by atoms with Crippen LogP contribution in [0.15, 0.2) is 72.9 Å². The molecule has 0 unspecified atom stereocenters. The van der Waals surface area contributed by atoms with E-state index in [2.05, 4.69) is 10.3 Å². The van der Waals surface area contributed by atoms with Crippen molar-refractivity contribution in [1.82, 2.24) is 4.98 Å². The lowest BCUT2D eigenvalue weighted by Crippen LogP contribution is -2.28. The highest BCUT2D eigenvalue weighted by molar-refractivity contribution is 6.11. The predicted molar refractivity (Wildman–Crippen MR) is 153 cm³/mol. The van der Waals surface area contributed by atoms with Crippen molar-refractivity contribution in [2.24, 2.45) is 11.1 Å². The Morgan fingerprint density at radius 2 is 1.59 bits per heavy atom. The molecule has 0 bridgehead atoms. The number of amides is 1. The summed E-state index contributed by atoms with van der Waals surface area (Å²) in [5.41, 5.74) is 7.64. The van der Waals surface area contributed by atoms with E-state index in [0.29, 0.717) is 65.2 Å². The molecule has 1 fully saturated rings. The molecule has 1 amide bonds. The van der Waals surface area contributed by atoms with Crippen molar-refractivity contribution in [1.29, 1.82) is 0 Å². The fourth-order valence-corrected chi connectivity index (χ4v) is 4.85. The van der Waals surface area contributed by atoms with E-state index in [1.807, 2.05) is 0 Å². The summed E-state index contributed by atoms with van der Waals surface area (Å²) in [6.45, 7) is 0.957. The van der Waals surface area contributed by atoms with Crippen molar-refractivity contribution in [3.8, 4) is 11.5 Å². The number of pyridine rings is 1. The van der Waals surface area contributed by atoms with Gasteiger partial charge in [0.1, 0.15) is 17.3 Å². The van der Waals surface area contributed by atoms with Crippen molar-refractivity contribution in [2.75, 3.05) is 25.6 Å². The molecule has 1 aromatic heterocycles. The quantitative estimate of drug-likeness (QED) is 0.175. The smallest absolute Gasteiger partial charge is 0.250 e. The van der Waals surface area contributed by atoms with E-state index < -0.39 is 11.3 Å². The van der Waals surface area contributed by atoms with Crippen molar-refractivity contribution in [3.63, 3.8) is 0 Å². The monoisotopic (exact) mass is 555 g/mol. The molecule has 1 saturated carbocycles. The lowest BCUT2D eigenvalue weighted by atomic mass is 9.88. The molecule has 5 rings (SSSR count). The molecule has 4 aromatic rings. The number of hydrogen-bond donors (Lipinski definition) is 2. The van der Waals surface area contributed by atoms with Crippen LogP contribution in [-0.2, 0) is 27.2 Å². The van der Waals surface area contributed by atoms with Crippen LogP contribution in [0.3, 0.4) is 0 Å². The van der Waals surface area contributed by atoms with Gasteiger partial charge < -0.3 is 20.5 Å². The largest absolute Gasteiger partial charge is 0.457 e. The summed E-state index contributed by atoms with van der Waals surface area (Å²) < 4.78 is 24.4. The fraction of sp³-hybridized carbons (Fsp3) is 0.250. The van der Waals surface area contributed by atoms with Gasteiger partial charge in [0.2, 0.25) is 0 Å². The minimum Gasteiger partial charge on any atom is -0.457 e. The third kappa shape index (κ3) is 6.25. The highest BCUT2D eigenvalue weighted by Crippen LogP contribution is 2.48. The molecule has 0 aliphatic heterocycles. The molecule has 1 aliphatic rings. The number of carbonyl (C=O) groups is 3. The second-order valence-electron chi connectivity index (χ2n) is 10.2. The molecular formula is C32H30FN3O5. The number of benzene rings is 3. The first-order valence-electron chi connectivity index (χ1n) is 13.3. The van der Waals surface area contributed by atoms with Gasteiger partial charge in [-0.05, 0) is 66.4 Å². The van der Waals surface area contributed by atoms with Crippen LogP contribution in [0.4, 0.5) is 10.1 Å². The Morgan fingerprint density at radius 3 is 2.17 bits per heavy atom. The van der Waals surface area contributed by atoms with Gasteiger partial charge >= 0.3 is 0 Å². The Kier molecular flexibility index (Phi) is 8.07. The maximum absolute atomic E-state index is 13.2. The van der Waals surface area contributed by atoms with Crippen molar-refractivity contribution < 1.29 is 28.2 Å². The van der Waals surface area contributed by atoms with Crippen LogP contribution in [0.1, 0.15) is 34.3 Å². The van der Waals surface area contributed by atoms with Crippen molar-refractivity contribution >= 4 is 34.1 Å². The first-order chi connectivity index (χ1) is 19.8. The number of nitrogens with zero attached hydrogens (tertiary/aromatic N) is 1. The molecule has 0 atom stereocenters. The van der Waals surface area contributed by atoms with Gasteiger partial charge in [-0.15, -0.1) is 0 Å². The minimum atomic E-state index is -0.949. The number of hydrogen-bond acceptors (Lipinski definition) is 7. The van der Waals surface area contributed by atoms with Gasteiger partial charge in [-0.3, -0.25) is 19.4 Å². The SMILES string of the molecule is COCCNc1cc2nccc(Oc3ccc(CC(=O)C4(C(=O)Cc5ccc(F)cc5)CC4)cc3)c2cc1C(N)=O. The van der Waals surface area contributed by atoms with E-state index in [-0.39, 0.29) is 30.2 Å². The van der Waals surface area contributed by atoms with Crippen LogP contribution in [0.2, 0.25) is 0 Å². The minimum absolute atomic E-state index is 0.104. The molecule has 41 heavy (non-hydrogen) atoms. The standard InChI is InChI=1S/C32H30FN3O5/c1-40-15-14-36-27-19-26-24(18-25(27)31(34)39)28(10-13-35-26)41-23-8-4-21(5-9-23)17-30(38)32(11-12-32)29(37)16-20-2-6-22(33)7-3-20/h2-10,13,18-19,36H,11-12,14-17H2,1H3,(H2,34,39). The van der Waals surface area contributed by atoms with Crippen LogP contribution < -0.4 is 15.8 Å².